The van der Waals surface area contributed by atoms with E-state index in [1.807, 2.05) is 18.2 Å². The number of methoxy groups -OCH3 is 1. The van der Waals surface area contributed by atoms with Gasteiger partial charge in [0.1, 0.15) is 11.6 Å². The van der Waals surface area contributed by atoms with E-state index in [4.69, 9.17) is 26.8 Å². The number of nitrogens with one attached hydrogen (secondary N) is 1. The minimum absolute atomic E-state index is 0. The van der Waals surface area contributed by atoms with Gasteiger partial charge >= 0.3 is 0 Å². The summed E-state index contributed by atoms with van der Waals surface area (Å²) in [6.45, 7) is 4.91. The molecule has 152 valence electrons. The fourth-order valence-corrected chi connectivity index (χ4v) is 3.12. The number of nitrogens with zero attached hydrogens (tertiary/aromatic N) is 3. The zero-order valence-electron chi connectivity index (χ0n) is 15.9. The molecule has 2 aromatic rings. The second-order valence-corrected chi connectivity index (χ2v) is 6.73. The monoisotopic (exact) mass is 469 g/mol. The average molecular weight is 471 g/mol. The summed E-state index contributed by atoms with van der Waals surface area (Å²) in [6.07, 6.45) is 2.01. The number of ether oxygens (including phenoxy) is 2. The molecular weight excluding hydrogens is 446 g/mol. The van der Waals surface area contributed by atoms with Crippen LogP contribution in [0.5, 0.6) is 5.75 Å². The quantitative estimate of drug-likeness (QED) is 0.514. The summed E-state index contributed by atoms with van der Waals surface area (Å²) < 4.78 is 10.7. The van der Waals surface area contributed by atoms with E-state index in [1.54, 1.807) is 25.4 Å². The van der Waals surface area contributed by atoms with E-state index in [0.29, 0.717) is 29.9 Å². The second kappa shape index (κ2) is 10.5. The lowest BCUT2D eigenvalue weighted by atomic mass is 10.2. The molecule has 1 aromatic carbocycles. The lowest BCUT2D eigenvalue weighted by molar-refractivity contribution is 0.0529. The molecule has 7 nitrogen and oxygen atoms in total. The van der Waals surface area contributed by atoms with E-state index in [9.17, 15) is 0 Å². The molecule has 3 rings (SSSR count). The summed E-state index contributed by atoms with van der Waals surface area (Å²) in [5, 5.41) is 3.54. The smallest absolute Gasteiger partial charge is 0.193 e. The van der Waals surface area contributed by atoms with Crippen molar-refractivity contribution in [2.75, 3.05) is 37.0 Å². The molecule has 0 spiro atoms. The Bertz CT molecular complexity index is 821. The lowest BCUT2D eigenvalue weighted by Crippen LogP contribution is -2.41. The first-order valence-corrected chi connectivity index (χ1v) is 9.15. The van der Waals surface area contributed by atoms with E-state index in [-0.39, 0.29) is 23.1 Å². The predicted octanol–water partition coefficient (Wildman–Crippen LogP) is 3.47. The van der Waals surface area contributed by atoms with Crippen molar-refractivity contribution < 1.29 is 9.47 Å². The number of benzene rings is 1. The normalized spacial score (nSPS) is 17.0. The molecule has 2 heterocycles. The SMILES string of the molecule is Br.COc1ccc(NC(N)=NCc2ccnc(N3CCOC(C)C3)c2)cc1Cl. The van der Waals surface area contributed by atoms with Crippen molar-refractivity contribution in [2.24, 2.45) is 10.7 Å². The first-order chi connectivity index (χ1) is 13.0. The minimum Gasteiger partial charge on any atom is -0.495 e. The highest BCUT2D eigenvalue weighted by atomic mass is 79.9. The Hall–Kier alpha value is -2.03. The highest BCUT2D eigenvalue weighted by Gasteiger charge is 2.17. The van der Waals surface area contributed by atoms with Crippen LogP contribution in [-0.4, -0.2) is 43.9 Å². The van der Waals surface area contributed by atoms with Crippen LogP contribution in [0.2, 0.25) is 5.02 Å². The number of pyridine rings is 1. The molecule has 1 atom stereocenters. The average Bonchev–Trinajstić information content (AvgIpc) is 2.67. The Labute approximate surface area is 180 Å². The second-order valence-electron chi connectivity index (χ2n) is 6.33. The third kappa shape index (κ3) is 5.98. The van der Waals surface area contributed by atoms with Crippen LogP contribution in [0.1, 0.15) is 12.5 Å². The zero-order valence-corrected chi connectivity index (χ0v) is 18.4. The molecule has 0 saturated carbocycles. The van der Waals surface area contributed by atoms with Gasteiger partial charge in [0.15, 0.2) is 5.96 Å². The highest BCUT2D eigenvalue weighted by molar-refractivity contribution is 8.93. The number of aliphatic imine (C=N–C) groups is 1. The molecule has 1 unspecified atom stereocenters. The molecule has 0 amide bonds. The summed E-state index contributed by atoms with van der Waals surface area (Å²) in [5.74, 6) is 1.86. The van der Waals surface area contributed by atoms with Crippen LogP contribution < -0.4 is 20.7 Å². The first-order valence-electron chi connectivity index (χ1n) is 8.77. The standard InChI is InChI=1S/C19H24ClN5O2.BrH/c1-13-12-25(7-8-27-13)18-9-14(5-6-22-18)11-23-19(21)24-15-3-4-17(26-2)16(20)10-15;/h3-6,9-10,13H,7-8,11-12H2,1-2H3,(H3,21,23,24);1H. The van der Waals surface area contributed by atoms with Gasteiger partial charge < -0.3 is 25.4 Å². The molecule has 0 radical (unpaired) electrons. The maximum atomic E-state index is 6.12. The summed E-state index contributed by atoms with van der Waals surface area (Å²) in [6, 6.07) is 9.33. The molecule has 9 heteroatoms. The highest BCUT2D eigenvalue weighted by Crippen LogP contribution is 2.27. The maximum Gasteiger partial charge on any atom is 0.193 e. The Morgan fingerprint density at radius 3 is 2.96 bits per heavy atom. The number of morpholine rings is 1. The third-order valence-electron chi connectivity index (χ3n) is 4.23. The van der Waals surface area contributed by atoms with Crippen molar-refractivity contribution in [1.29, 1.82) is 0 Å². The Morgan fingerprint density at radius 1 is 1.43 bits per heavy atom. The van der Waals surface area contributed by atoms with Crippen molar-refractivity contribution in [3.05, 3.63) is 47.1 Å². The fraction of sp³-hybridized carbons (Fsp3) is 0.368. The van der Waals surface area contributed by atoms with E-state index < -0.39 is 0 Å². The number of hydrogen-bond donors (Lipinski definition) is 2. The summed E-state index contributed by atoms with van der Waals surface area (Å²) in [7, 11) is 1.57. The molecule has 1 fully saturated rings. The van der Waals surface area contributed by atoms with E-state index >= 15 is 0 Å². The number of anilines is 2. The number of aromatic nitrogens is 1. The van der Waals surface area contributed by atoms with Gasteiger partial charge in [-0.1, -0.05) is 11.6 Å². The minimum atomic E-state index is 0. The Balaban J connectivity index is 0.00000280. The van der Waals surface area contributed by atoms with Crippen LogP contribution in [0, 0.1) is 0 Å². The summed E-state index contributed by atoms with van der Waals surface area (Å²) in [4.78, 5) is 11.1. The van der Waals surface area contributed by atoms with E-state index in [0.717, 1.165) is 30.2 Å². The number of nitrogens with two attached hydrogens (primary N) is 1. The van der Waals surface area contributed by atoms with Gasteiger partial charge in [0.2, 0.25) is 0 Å². The Morgan fingerprint density at radius 2 is 2.25 bits per heavy atom. The van der Waals surface area contributed by atoms with Gasteiger partial charge in [-0.2, -0.15) is 0 Å². The number of halogens is 2. The molecule has 1 aliphatic rings. The van der Waals surface area contributed by atoms with Crippen molar-refractivity contribution in [3.8, 4) is 5.75 Å². The Kier molecular flexibility index (Phi) is 8.35. The van der Waals surface area contributed by atoms with E-state index in [2.05, 4.69) is 27.1 Å². The van der Waals surface area contributed by atoms with Crippen LogP contribution in [0.15, 0.2) is 41.5 Å². The molecule has 3 N–H and O–H groups in total. The van der Waals surface area contributed by atoms with Crippen LogP contribution in [0.25, 0.3) is 0 Å². The van der Waals surface area contributed by atoms with Crippen LogP contribution in [0.4, 0.5) is 11.5 Å². The maximum absolute atomic E-state index is 6.12. The molecule has 0 aliphatic carbocycles. The van der Waals surface area contributed by atoms with Gasteiger partial charge in [0.25, 0.3) is 0 Å². The van der Waals surface area contributed by atoms with Crippen LogP contribution >= 0.6 is 28.6 Å². The summed E-state index contributed by atoms with van der Waals surface area (Å²) >= 11 is 6.12. The van der Waals surface area contributed by atoms with Crippen molar-refractivity contribution in [1.82, 2.24) is 4.98 Å². The van der Waals surface area contributed by atoms with E-state index in [1.165, 1.54) is 0 Å². The van der Waals surface area contributed by atoms with Crippen molar-refractivity contribution >= 4 is 46.0 Å². The summed E-state index contributed by atoms with van der Waals surface area (Å²) in [5.41, 5.74) is 7.78. The van der Waals surface area contributed by atoms with Gasteiger partial charge in [0, 0.05) is 25.0 Å². The van der Waals surface area contributed by atoms with Crippen molar-refractivity contribution in [2.45, 2.75) is 19.6 Å². The predicted molar refractivity (Wildman–Crippen MR) is 119 cm³/mol. The molecule has 28 heavy (non-hydrogen) atoms. The fourth-order valence-electron chi connectivity index (χ4n) is 2.87. The van der Waals surface area contributed by atoms with Crippen LogP contribution in [0.3, 0.4) is 0 Å². The van der Waals surface area contributed by atoms with Gasteiger partial charge in [-0.05, 0) is 42.8 Å². The van der Waals surface area contributed by atoms with Crippen LogP contribution in [-0.2, 0) is 11.3 Å². The number of hydrogen-bond acceptors (Lipinski definition) is 5. The van der Waals surface area contributed by atoms with Gasteiger partial charge in [-0.15, -0.1) is 17.0 Å². The lowest BCUT2D eigenvalue weighted by Gasteiger charge is -2.32. The van der Waals surface area contributed by atoms with Crippen molar-refractivity contribution in [3.63, 3.8) is 0 Å². The molecule has 0 bridgehead atoms. The largest absolute Gasteiger partial charge is 0.495 e. The van der Waals surface area contributed by atoms with Gasteiger partial charge in [0.05, 0.1) is 31.4 Å². The molecule has 1 aliphatic heterocycles. The molecular formula is C19H25BrClN5O2. The van der Waals surface area contributed by atoms with Gasteiger partial charge in [-0.3, -0.25) is 0 Å². The zero-order chi connectivity index (χ0) is 19.2. The van der Waals surface area contributed by atoms with Gasteiger partial charge in [-0.25, -0.2) is 9.98 Å². The third-order valence-corrected chi connectivity index (χ3v) is 4.53. The first kappa shape index (κ1) is 22.3. The topological polar surface area (TPSA) is 85.0 Å². The molecule has 1 aromatic heterocycles. The number of rotatable bonds is 5. The number of guanidine groups is 1. The molecule has 1 saturated heterocycles.